The van der Waals surface area contributed by atoms with Crippen molar-refractivity contribution < 1.29 is 9.84 Å². The molecule has 2 aliphatic heterocycles. The number of β-amino-alcohol motifs (C(OH)–C–C–N with tert-alkyl or cyclic N) is 1. The van der Waals surface area contributed by atoms with Crippen molar-refractivity contribution >= 4 is 0 Å². The first-order valence-corrected chi connectivity index (χ1v) is 4.86. The molecule has 2 heterocycles. The van der Waals surface area contributed by atoms with Crippen molar-refractivity contribution in [2.75, 3.05) is 26.2 Å². The van der Waals surface area contributed by atoms with Crippen LogP contribution >= 0.6 is 0 Å². The topological polar surface area (TPSA) is 32.7 Å². The molecule has 1 N–H and O–H groups in total. The second-order valence-corrected chi connectivity index (χ2v) is 3.84. The highest BCUT2D eigenvalue weighted by molar-refractivity contribution is 4.78. The van der Waals surface area contributed by atoms with Crippen LogP contribution < -0.4 is 0 Å². The van der Waals surface area contributed by atoms with E-state index in [0.717, 1.165) is 32.7 Å². The summed E-state index contributed by atoms with van der Waals surface area (Å²) in [5, 5.41) is 9.29. The summed E-state index contributed by atoms with van der Waals surface area (Å²) in [6.45, 7) is 3.85. The summed E-state index contributed by atoms with van der Waals surface area (Å²) in [5.74, 6) is 0. The Bertz CT molecular complexity index is 145. The molecule has 0 aromatic heterocycles. The third kappa shape index (κ3) is 1.97. The number of hydrogen-bond acceptors (Lipinski definition) is 3. The lowest BCUT2D eigenvalue weighted by atomic mass is 10.2. The van der Waals surface area contributed by atoms with Crippen LogP contribution in [0.3, 0.4) is 0 Å². The zero-order chi connectivity index (χ0) is 8.39. The van der Waals surface area contributed by atoms with Gasteiger partial charge in [0.25, 0.3) is 0 Å². The van der Waals surface area contributed by atoms with Crippen molar-refractivity contribution in [2.24, 2.45) is 0 Å². The smallest absolute Gasteiger partial charge is 0.0702 e. The average Bonchev–Trinajstić information content (AvgIpc) is 2.63. The summed E-state index contributed by atoms with van der Waals surface area (Å²) in [7, 11) is 0. The van der Waals surface area contributed by atoms with Gasteiger partial charge in [-0.1, -0.05) is 0 Å². The van der Waals surface area contributed by atoms with Gasteiger partial charge in [0.1, 0.15) is 0 Å². The Morgan fingerprint density at radius 3 is 2.92 bits per heavy atom. The molecule has 70 valence electrons. The fourth-order valence-corrected chi connectivity index (χ4v) is 2.05. The predicted molar refractivity (Wildman–Crippen MR) is 46.0 cm³/mol. The molecule has 3 nitrogen and oxygen atoms in total. The molecule has 0 aromatic carbocycles. The largest absolute Gasteiger partial charge is 0.392 e. The lowest BCUT2D eigenvalue weighted by molar-refractivity contribution is 0.0755. The summed E-state index contributed by atoms with van der Waals surface area (Å²) < 4.78 is 5.53. The number of aliphatic hydroxyl groups is 1. The molecule has 2 fully saturated rings. The first kappa shape index (κ1) is 8.48. The lowest BCUT2D eigenvalue weighted by Gasteiger charge is -2.18. The first-order chi connectivity index (χ1) is 5.84. The quantitative estimate of drug-likeness (QED) is 0.645. The van der Waals surface area contributed by atoms with Crippen LogP contribution in [0.4, 0.5) is 0 Å². The maximum Gasteiger partial charge on any atom is 0.0702 e. The minimum Gasteiger partial charge on any atom is -0.392 e. The van der Waals surface area contributed by atoms with Crippen LogP contribution in [0, 0.1) is 0 Å². The van der Waals surface area contributed by atoms with Gasteiger partial charge in [-0.15, -0.1) is 0 Å². The van der Waals surface area contributed by atoms with E-state index in [4.69, 9.17) is 4.74 Å². The molecule has 0 radical (unpaired) electrons. The van der Waals surface area contributed by atoms with Gasteiger partial charge in [0.2, 0.25) is 0 Å². The highest BCUT2D eigenvalue weighted by atomic mass is 16.5. The maximum atomic E-state index is 9.29. The molecule has 0 aliphatic carbocycles. The highest BCUT2D eigenvalue weighted by Crippen LogP contribution is 2.16. The van der Waals surface area contributed by atoms with Crippen molar-refractivity contribution in [3.8, 4) is 0 Å². The Hall–Kier alpha value is -0.120. The van der Waals surface area contributed by atoms with Gasteiger partial charge in [-0.3, -0.25) is 4.90 Å². The van der Waals surface area contributed by atoms with E-state index in [1.54, 1.807) is 0 Å². The second kappa shape index (κ2) is 3.73. The summed E-state index contributed by atoms with van der Waals surface area (Å²) >= 11 is 0. The van der Waals surface area contributed by atoms with Crippen molar-refractivity contribution in [2.45, 2.75) is 31.5 Å². The van der Waals surface area contributed by atoms with Crippen molar-refractivity contribution in [3.05, 3.63) is 0 Å². The molecule has 2 saturated heterocycles. The van der Waals surface area contributed by atoms with Gasteiger partial charge in [-0.05, 0) is 19.3 Å². The van der Waals surface area contributed by atoms with Gasteiger partial charge in [-0.2, -0.15) is 0 Å². The number of ether oxygens (including phenoxy) is 1. The molecule has 2 atom stereocenters. The molecule has 2 rings (SSSR count). The van der Waals surface area contributed by atoms with Gasteiger partial charge in [0, 0.05) is 26.2 Å². The molecular formula is C9H17NO2. The maximum absolute atomic E-state index is 9.29. The third-order valence-electron chi connectivity index (χ3n) is 2.73. The molecule has 12 heavy (non-hydrogen) atoms. The van der Waals surface area contributed by atoms with Crippen molar-refractivity contribution in [3.63, 3.8) is 0 Å². The van der Waals surface area contributed by atoms with Crippen LogP contribution in [-0.2, 0) is 4.74 Å². The highest BCUT2D eigenvalue weighted by Gasteiger charge is 2.24. The Kier molecular flexibility index (Phi) is 2.63. The van der Waals surface area contributed by atoms with Crippen LogP contribution in [0.25, 0.3) is 0 Å². The number of rotatable bonds is 2. The van der Waals surface area contributed by atoms with E-state index in [0.29, 0.717) is 6.10 Å². The predicted octanol–water partition coefficient (Wildman–Crippen LogP) is 0.232. The first-order valence-electron chi connectivity index (χ1n) is 4.86. The Morgan fingerprint density at radius 2 is 2.33 bits per heavy atom. The standard InChI is InChI=1S/C9H17NO2/c11-8-3-4-10(6-8)7-9-2-1-5-12-9/h8-9,11H,1-7H2/t8-,9+/m0/s1. The number of hydrogen-bond donors (Lipinski definition) is 1. The summed E-state index contributed by atoms with van der Waals surface area (Å²) in [4.78, 5) is 2.31. The Labute approximate surface area is 73.3 Å². The molecule has 0 saturated carbocycles. The minimum atomic E-state index is -0.0913. The van der Waals surface area contributed by atoms with E-state index in [-0.39, 0.29) is 6.10 Å². The monoisotopic (exact) mass is 171 g/mol. The van der Waals surface area contributed by atoms with Crippen LogP contribution in [0.15, 0.2) is 0 Å². The summed E-state index contributed by atoms with van der Waals surface area (Å²) in [6.07, 6.45) is 3.70. The van der Waals surface area contributed by atoms with Crippen molar-refractivity contribution in [1.29, 1.82) is 0 Å². The van der Waals surface area contributed by atoms with Crippen LogP contribution in [-0.4, -0.2) is 48.5 Å². The molecule has 0 aromatic rings. The van der Waals surface area contributed by atoms with Gasteiger partial charge < -0.3 is 9.84 Å². The fourth-order valence-electron chi connectivity index (χ4n) is 2.05. The van der Waals surface area contributed by atoms with E-state index in [1.165, 1.54) is 12.8 Å². The summed E-state index contributed by atoms with van der Waals surface area (Å²) in [6, 6.07) is 0. The van der Waals surface area contributed by atoms with Crippen LogP contribution in [0.5, 0.6) is 0 Å². The van der Waals surface area contributed by atoms with Gasteiger partial charge in [-0.25, -0.2) is 0 Å². The number of nitrogens with zero attached hydrogens (tertiary/aromatic N) is 1. The Morgan fingerprint density at radius 1 is 1.42 bits per heavy atom. The van der Waals surface area contributed by atoms with Crippen molar-refractivity contribution in [1.82, 2.24) is 4.90 Å². The van der Waals surface area contributed by atoms with E-state index >= 15 is 0 Å². The number of likely N-dealkylation sites (tertiary alicyclic amines) is 1. The minimum absolute atomic E-state index is 0.0913. The third-order valence-corrected chi connectivity index (χ3v) is 2.73. The molecule has 0 spiro atoms. The number of aliphatic hydroxyl groups excluding tert-OH is 1. The van der Waals surface area contributed by atoms with Gasteiger partial charge in [0.05, 0.1) is 12.2 Å². The second-order valence-electron chi connectivity index (χ2n) is 3.84. The SMILES string of the molecule is O[C@H]1CCN(C[C@H]2CCCO2)C1. The van der Waals surface area contributed by atoms with E-state index < -0.39 is 0 Å². The van der Waals surface area contributed by atoms with Crippen LogP contribution in [0.1, 0.15) is 19.3 Å². The molecule has 0 unspecified atom stereocenters. The summed E-state index contributed by atoms with van der Waals surface area (Å²) in [5.41, 5.74) is 0. The average molecular weight is 171 g/mol. The molecule has 0 amide bonds. The lowest BCUT2D eigenvalue weighted by Crippen LogP contribution is -2.30. The molecular weight excluding hydrogens is 154 g/mol. The zero-order valence-electron chi connectivity index (χ0n) is 7.41. The van der Waals surface area contributed by atoms with Crippen LogP contribution in [0.2, 0.25) is 0 Å². The fraction of sp³-hybridized carbons (Fsp3) is 1.00. The van der Waals surface area contributed by atoms with E-state index in [1.807, 2.05) is 0 Å². The molecule has 2 aliphatic rings. The normalized spacial score (nSPS) is 37.8. The van der Waals surface area contributed by atoms with Gasteiger partial charge >= 0.3 is 0 Å². The molecule has 0 bridgehead atoms. The van der Waals surface area contributed by atoms with Gasteiger partial charge in [0.15, 0.2) is 0 Å². The zero-order valence-corrected chi connectivity index (χ0v) is 7.41. The Balaban J connectivity index is 1.72. The van der Waals surface area contributed by atoms with E-state index in [2.05, 4.69) is 4.90 Å². The van der Waals surface area contributed by atoms with E-state index in [9.17, 15) is 5.11 Å². The molecule has 3 heteroatoms.